The van der Waals surface area contributed by atoms with Crippen LogP contribution < -0.4 is 0 Å². The smallest absolute Gasteiger partial charge is 0.164 e. The quantitative estimate of drug-likeness (QED) is 0.461. The van der Waals surface area contributed by atoms with Crippen molar-refractivity contribution in [3.63, 3.8) is 0 Å². The molecule has 0 amide bonds. The summed E-state index contributed by atoms with van der Waals surface area (Å²) in [6.07, 6.45) is 3.59. The van der Waals surface area contributed by atoms with Crippen molar-refractivity contribution >= 4 is 18.5 Å². The summed E-state index contributed by atoms with van der Waals surface area (Å²) < 4.78 is 0. The highest BCUT2D eigenvalue weighted by molar-refractivity contribution is 7.21. The Morgan fingerprint density at radius 3 is 2.19 bits per heavy atom. The van der Waals surface area contributed by atoms with Gasteiger partial charge in [0.25, 0.3) is 0 Å². The third-order valence-corrected chi connectivity index (χ3v) is 8.96. The lowest BCUT2D eigenvalue weighted by Gasteiger charge is -2.38. The van der Waals surface area contributed by atoms with Gasteiger partial charge in [0.15, 0.2) is 7.38 Å². The lowest BCUT2D eigenvalue weighted by Crippen LogP contribution is -2.36. The summed E-state index contributed by atoms with van der Waals surface area (Å²) in [5.41, 5.74) is 4.52. The number of halogens is 1. The molecule has 0 aromatic carbocycles. The van der Waals surface area contributed by atoms with Crippen molar-refractivity contribution in [3.8, 4) is 0 Å². The first kappa shape index (κ1) is 14.0. The van der Waals surface area contributed by atoms with Crippen LogP contribution in [0.25, 0.3) is 0 Å². The topological polar surface area (TPSA) is 0 Å². The number of rotatable bonds is 3. The van der Waals surface area contributed by atoms with E-state index in [0.29, 0.717) is 5.92 Å². The number of hydrogen-bond acceptors (Lipinski definition) is 0. The van der Waals surface area contributed by atoms with Gasteiger partial charge in [-0.2, -0.15) is 11.1 Å². The van der Waals surface area contributed by atoms with E-state index in [1.165, 1.54) is 23.1 Å². The predicted octanol–water partition coefficient (Wildman–Crippen LogP) is 5.51. The van der Waals surface area contributed by atoms with E-state index in [1.807, 2.05) is 0 Å². The zero-order valence-corrected chi connectivity index (χ0v) is 13.5. The lowest BCUT2D eigenvalue weighted by molar-refractivity contribution is 0.659. The molecule has 0 nitrogen and oxygen atoms in total. The minimum Gasteiger partial charge on any atom is -0.166 e. The second-order valence-corrected chi connectivity index (χ2v) is 12.6. The van der Waals surface area contributed by atoms with Crippen molar-refractivity contribution in [2.75, 3.05) is 0 Å². The molecule has 92 valence electrons. The van der Waals surface area contributed by atoms with E-state index in [4.69, 9.17) is 11.1 Å². The van der Waals surface area contributed by atoms with Crippen molar-refractivity contribution in [2.45, 2.75) is 59.2 Å². The molecular weight excluding hydrogens is 232 g/mol. The van der Waals surface area contributed by atoms with E-state index in [1.54, 1.807) is 0 Å². The zero-order valence-electron chi connectivity index (χ0n) is 11.7. The van der Waals surface area contributed by atoms with Crippen molar-refractivity contribution in [2.24, 2.45) is 5.92 Å². The van der Waals surface area contributed by atoms with Crippen LogP contribution in [-0.2, 0) is 0 Å². The minimum absolute atomic E-state index is 0.146. The molecule has 0 N–H and O–H groups in total. The van der Waals surface area contributed by atoms with Crippen LogP contribution >= 0.6 is 11.1 Å². The molecule has 2 heteroatoms. The minimum atomic E-state index is -1.73. The van der Waals surface area contributed by atoms with Crippen LogP contribution in [0.2, 0.25) is 18.1 Å². The summed E-state index contributed by atoms with van der Waals surface area (Å²) in [6, 6.07) is 0. The van der Waals surface area contributed by atoms with Gasteiger partial charge in [0.05, 0.1) is 0 Å². The maximum atomic E-state index is 6.75. The first-order chi connectivity index (χ1) is 7.16. The van der Waals surface area contributed by atoms with Crippen LogP contribution in [0.1, 0.15) is 41.0 Å². The molecule has 0 saturated carbocycles. The Morgan fingerprint density at radius 1 is 1.38 bits per heavy atom. The Balaban J connectivity index is 3.28. The Hall–Kier alpha value is -0.0131. The van der Waals surface area contributed by atoms with Gasteiger partial charge in [0.2, 0.25) is 0 Å². The molecule has 0 saturated heterocycles. The third-order valence-electron chi connectivity index (χ3n) is 4.68. The zero-order chi connectivity index (χ0) is 12.7. The lowest BCUT2D eigenvalue weighted by atomic mass is 9.93. The maximum Gasteiger partial charge on any atom is 0.164 e. The summed E-state index contributed by atoms with van der Waals surface area (Å²) in [5, 5.41) is 0.146. The average Bonchev–Trinajstić information content (AvgIpc) is 2.41. The summed E-state index contributed by atoms with van der Waals surface area (Å²) in [6.45, 7) is 16.0. The van der Waals surface area contributed by atoms with E-state index in [9.17, 15) is 0 Å². The molecular formula is C14H25ClSi. The highest BCUT2D eigenvalue weighted by atomic mass is 35.6. The first-order valence-electron chi connectivity index (χ1n) is 6.25. The SMILES string of the molecule is CCC(C)C1=C(C)[C@@](C)([Si](C)(C)Cl)C(C)=C1. The Kier molecular flexibility index (Phi) is 3.81. The van der Waals surface area contributed by atoms with Gasteiger partial charge in [0, 0.05) is 5.04 Å². The summed E-state index contributed by atoms with van der Waals surface area (Å²) in [4.78, 5) is 0. The van der Waals surface area contributed by atoms with E-state index < -0.39 is 7.38 Å². The van der Waals surface area contributed by atoms with E-state index >= 15 is 0 Å². The molecule has 1 aliphatic carbocycles. The molecule has 0 aromatic rings. The Bertz CT molecular complexity index is 346. The molecule has 0 radical (unpaired) electrons. The summed E-state index contributed by atoms with van der Waals surface area (Å²) in [7, 11) is -1.73. The van der Waals surface area contributed by atoms with E-state index in [-0.39, 0.29) is 5.04 Å². The van der Waals surface area contributed by atoms with Crippen molar-refractivity contribution in [3.05, 3.63) is 22.8 Å². The second-order valence-electron chi connectivity index (χ2n) is 5.81. The fourth-order valence-electron chi connectivity index (χ4n) is 2.72. The molecule has 0 aromatic heterocycles. The molecule has 0 aliphatic heterocycles. The second kappa shape index (κ2) is 4.34. The van der Waals surface area contributed by atoms with Gasteiger partial charge in [-0.05, 0) is 31.8 Å². The highest BCUT2D eigenvalue weighted by Crippen LogP contribution is 2.58. The van der Waals surface area contributed by atoms with Gasteiger partial charge in [0.1, 0.15) is 0 Å². The fourth-order valence-corrected chi connectivity index (χ4v) is 5.64. The summed E-state index contributed by atoms with van der Waals surface area (Å²) in [5.74, 6) is 0.657. The van der Waals surface area contributed by atoms with Crippen molar-refractivity contribution in [1.29, 1.82) is 0 Å². The van der Waals surface area contributed by atoms with Crippen LogP contribution in [-0.4, -0.2) is 7.38 Å². The van der Waals surface area contributed by atoms with Crippen LogP contribution in [0.4, 0.5) is 0 Å². The number of allylic oxidation sites excluding steroid dienone is 4. The maximum absolute atomic E-state index is 6.75. The van der Waals surface area contributed by atoms with E-state index in [2.05, 4.69) is 53.8 Å². The Labute approximate surface area is 106 Å². The number of hydrogen-bond donors (Lipinski definition) is 0. The van der Waals surface area contributed by atoms with Crippen molar-refractivity contribution < 1.29 is 0 Å². The molecule has 0 heterocycles. The molecule has 2 atom stereocenters. The average molecular weight is 257 g/mol. The predicted molar refractivity (Wildman–Crippen MR) is 77.6 cm³/mol. The molecule has 0 bridgehead atoms. The molecule has 1 rings (SSSR count). The highest BCUT2D eigenvalue weighted by Gasteiger charge is 2.48. The normalized spacial score (nSPS) is 28.4. The molecule has 0 fully saturated rings. The standard InChI is InChI=1S/C14H25ClSi/c1-8-10(2)13-9-11(3)14(5,12(13)4)16(6,7)15/h9-10H,8H2,1-7H3/t10?,14-/m0/s1. The van der Waals surface area contributed by atoms with Crippen molar-refractivity contribution in [1.82, 2.24) is 0 Å². The monoisotopic (exact) mass is 256 g/mol. The molecule has 1 unspecified atom stereocenters. The van der Waals surface area contributed by atoms with Crippen LogP contribution in [0.3, 0.4) is 0 Å². The molecule has 16 heavy (non-hydrogen) atoms. The van der Waals surface area contributed by atoms with Gasteiger partial charge in [-0.3, -0.25) is 0 Å². The van der Waals surface area contributed by atoms with Gasteiger partial charge in [-0.25, -0.2) is 0 Å². The van der Waals surface area contributed by atoms with Crippen LogP contribution in [0.5, 0.6) is 0 Å². The van der Waals surface area contributed by atoms with Gasteiger partial charge < -0.3 is 0 Å². The van der Waals surface area contributed by atoms with Crippen LogP contribution in [0, 0.1) is 5.92 Å². The largest absolute Gasteiger partial charge is 0.166 e. The van der Waals surface area contributed by atoms with Crippen LogP contribution in [0.15, 0.2) is 22.8 Å². The fraction of sp³-hybridized carbons (Fsp3) is 0.714. The Morgan fingerprint density at radius 2 is 1.88 bits per heavy atom. The van der Waals surface area contributed by atoms with E-state index in [0.717, 1.165) is 0 Å². The van der Waals surface area contributed by atoms with Gasteiger partial charge >= 0.3 is 0 Å². The van der Waals surface area contributed by atoms with Gasteiger partial charge in [-0.15, -0.1) is 0 Å². The third kappa shape index (κ3) is 1.93. The van der Waals surface area contributed by atoms with Gasteiger partial charge in [-0.1, -0.05) is 51.1 Å². The first-order valence-corrected chi connectivity index (χ1v) is 10.3. The molecule has 1 aliphatic rings. The summed E-state index contributed by atoms with van der Waals surface area (Å²) >= 11 is 6.75. The molecule has 0 spiro atoms.